The van der Waals surface area contributed by atoms with Gasteiger partial charge < -0.3 is 20.7 Å². The highest BCUT2D eigenvalue weighted by atomic mass is 127. The number of aliphatic imine (C=N–C) groups is 1. The number of nitrogens with one attached hydrogen (secondary N) is 3. The molecule has 6 nitrogen and oxygen atoms in total. The summed E-state index contributed by atoms with van der Waals surface area (Å²) in [5, 5.41) is 8.64. The van der Waals surface area contributed by atoms with Crippen molar-refractivity contribution in [2.24, 2.45) is 4.99 Å². The number of halogens is 2. The Bertz CT molecular complexity index is 515. The Morgan fingerprint density at radius 3 is 2.75 bits per heavy atom. The molecule has 0 saturated carbocycles. The molecule has 0 unspecified atom stereocenters. The van der Waals surface area contributed by atoms with Gasteiger partial charge in [-0.3, -0.25) is 9.79 Å². The largest absolute Gasteiger partial charge is 0.382 e. The van der Waals surface area contributed by atoms with Crippen LogP contribution >= 0.6 is 24.0 Å². The molecule has 0 aliphatic heterocycles. The first-order chi connectivity index (χ1) is 11.2. The third-order valence-electron chi connectivity index (χ3n) is 2.96. The van der Waals surface area contributed by atoms with Crippen molar-refractivity contribution in [1.82, 2.24) is 10.6 Å². The SMILES string of the molecule is CCOCCCCNC(=NC)NCC(=O)Nc1cccc(F)c1.I. The number of ether oxygens (including phenoxy) is 1. The summed E-state index contributed by atoms with van der Waals surface area (Å²) < 4.78 is 18.3. The summed E-state index contributed by atoms with van der Waals surface area (Å²) in [6.45, 7) is 4.25. The molecule has 24 heavy (non-hydrogen) atoms. The molecule has 1 aromatic rings. The Hall–Kier alpha value is -1.42. The van der Waals surface area contributed by atoms with E-state index >= 15 is 0 Å². The number of carbonyl (C=O) groups is 1. The van der Waals surface area contributed by atoms with E-state index in [1.165, 1.54) is 12.1 Å². The van der Waals surface area contributed by atoms with Crippen molar-refractivity contribution < 1.29 is 13.9 Å². The molecule has 0 radical (unpaired) electrons. The Kier molecular flexibility index (Phi) is 13.1. The number of carbonyl (C=O) groups excluding carboxylic acids is 1. The maximum absolute atomic E-state index is 13.0. The van der Waals surface area contributed by atoms with Gasteiger partial charge in [0.2, 0.25) is 5.91 Å². The van der Waals surface area contributed by atoms with Crippen molar-refractivity contribution in [3.05, 3.63) is 30.1 Å². The Balaban J connectivity index is 0.00000529. The zero-order chi connectivity index (χ0) is 16.9. The first-order valence-corrected chi connectivity index (χ1v) is 7.73. The van der Waals surface area contributed by atoms with Crippen molar-refractivity contribution in [3.63, 3.8) is 0 Å². The third-order valence-corrected chi connectivity index (χ3v) is 2.96. The van der Waals surface area contributed by atoms with Crippen molar-refractivity contribution in [1.29, 1.82) is 0 Å². The molecule has 0 aliphatic carbocycles. The van der Waals surface area contributed by atoms with Crippen LogP contribution in [0.5, 0.6) is 0 Å². The smallest absolute Gasteiger partial charge is 0.243 e. The molecular weight excluding hydrogens is 426 g/mol. The highest BCUT2D eigenvalue weighted by molar-refractivity contribution is 14.0. The van der Waals surface area contributed by atoms with E-state index < -0.39 is 0 Å². The molecule has 0 heterocycles. The lowest BCUT2D eigenvalue weighted by Crippen LogP contribution is -2.41. The first-order valence-electron chi connectivity index (χ1n) is 7.73. The van der Waals surface area contributed by atoms with Crippen molar-refractivity contribution in [3.8, 4) is 0 Å². The van der Waals surface area contributed by atoms with Gasteiger partial charge in [-0.2, -0.15) is 0 Å². The van der Waals surface area contributed by atoms with E-state index in [0.29, 0.717) is 11.6 Å². The van der Waals surface area contributed by atoms with Crippen LogP contribution in [0.3, 0.4) is 0 Å². The molecule has 0 fully saturated rings. The van der Waals surface area contributed by atoms with Gasteiger partial charge in [0.15, 0.2) is 5.96 Å². The number of rotatable bonds is 9. The van der Waals surface area contributed by atoms with E-state index in [1.807, 2.05) is 6.92 Å². The van der Waals surface area contributed by atoms with E-state index in [-0.39, 0.29) is 42.2 Å². The lowest BCUT2D eigenvalue weighted by Gasteiger charge is -2.12. The van der Waals surface area contributed by atoms with Gasteiger partial charge in [-0.1, -0.05) is 6.07 Å². The van der Waals surface area contributed by atoms with E-state index in [9.17, 15) is 9.18 Å². The van der Waals surface area contributed by atoms with Gasteiger partial charge in [-0.15, -0.1) is 24.0 Å². The van der Waals surface area contributed by atoms with Gasteiger partial charge in [0.25, 0.3) is 0 Å². The maximum Gasteiger partial charge on any atom is 0.243 e. The number of guanidine groups is 1. The molecule has 1 aromatic carbocycles. The summed E-state index contributed by atoms with van der Waals surface area (Å²) in [5.41, 5.74) is 0.427. The molecule has 0 bridgehead atoms. The monoisotopic (exact) mass is 452 g/mol. The summed E-state index contributed by atoms with van der Waals surface area (Å²) in [5.74, 6) is -0.106. The summed E-state index contributed by atoms with van der Waals surface area (Å²) >= 11 is 0. The summed E-state index contributed by atoms with van der Waals surface area (Å²) in [6.07, 6.45) is 1.92. The number of hydrogen-bond acceptors (Lipinski definition) is 3. The average Bonchev–Trinajstić information content (AvgIpc) is 2.53. The van der Waals surface area contributed by atoms with Crippen LogP contribution in [0.1, 0.15) is 19.8 Å². The number of unbranched alkanes of at least 4 members (excludes halogenated alkanes) is 1. The van der Waals surface area contributed by atoms with Crippen molar-refractivity contribution in [2.75, 3.05) is 38.7 Å². The van der Waals surface area contributed by atoms with E-state index in [4.69, 9.17) is 4.74 Å². The van der Waals surface area contributed by atoms with Gasteiger partial charge in [-0.25, -0.2) is 4.39 Å². The zero-order valence-electron chi connectivity index (χ0n) is 14.1. The van der Waals surface area contributed by atoms with E-state index in [2.05, 4.69) is 20.9 Å². The minimum atomic E-state index is -0.389. The molecule has 0 atom stereocenters. The van der Waals surface area contributed by atoms with Crippen LogP contribution in [0.15, 0.2) is 29.3 Å². The van der Waals surface area contributed by atoms with Crippen LogP contribution in [0.25, 0.3) is 0 Å². The van der Waals surface area contributed by atoms with Crippen LogP contribution in [-0.2, 0) is 9.53 Å². The highest BCUT2D eigenvalue weighted by Crippen LogP contribution is 2.08. The molecule has 136 valence electrons. The van der Waals surface area contributed by atoms with Crippen LogP contribution in [0, 0.1) is 5.82 Å². The van der Waals surface area contributed by atoms with Gasteiger partial charge >= 0.3 is 0 Å². The molecule has 3 N–H and O–H groups in total. The number of benzene rings is 1. The van der Waals surface area contributed by atoms with E-state index in [0.717, 1.165) is 32.6 Å². The van der Waals surface area contributed by atoms with Crippen molar-refractivity contribution in [2.45, 2.75) is 19.8 Å². The van der Waals surface area contributed by atoms with Crippen molar-refractivity contribution >= 4 is 41.5 Å². The summed E-state index contributed by atoms with van der Waals surface area (Å²) in [6, 6.07) is 5.77. The standard InChI is InChI=1S/C16H25FN4O2.HI/c1-3-23-10-5-4-9-19-16(18-2)20-12-15(22)21-14-8-6-7-13(17)11-14;/h6-8,11H,3-5,9-10,12H2,1-2H3,(H,21,22)(H2,18,19,20);1H. The lowest BCUT2D eigenvalue weighted by atomic mass is 10.3. The average molecular weight is 452 g/mol. The second kappa shape index (κ2) is 14.0. The van der Waals surface area contributed by atoms with Crippen LogP contribution < -0.4 is 16.0 Å². The quantitative estimate of drug-likeness (QED) is 0.233. The maximum atomic E-state index is 13.0. The zero-order valence-corrected chi connectivity index (χ0v) is 16.4. The lowest BCUT2D eigenvalue weighted by molar-refractivity contribution is -0.115. The first kappa shape index (κ1) is 22.6. The Morgan fingerprint density at radius 1 is 1.29 bits per heavy atom. The molecule has 0 aliphatic rings. The van der Waals surface area contributed by atoms with E-state index in [1.54, 1.807) is 19.2 Å². The Morgan fingerprint density at radius 2 is 2.08 bits per heavy atom. The molecule has 0 saturated heterocycles. The Labute approximate surface area is 159 Å². The van der Waals surface area contributed by atoms with Gasteiger partial charge in [0.1, 0.15) is 5.82 Å². The van der Waals surface area contributed by atoms with Crippen LogP contribution in [-0.4, -0.2) is 45.2 Å². The normalized spacial score (nSPS) is 10.7. The predicted octanol–water partition coefficient (Wildman–Crippen LogP) is 2.36. The van der Waals surface area contributed by atoms with Crippen LogP contribution in [0.4, 0.5) is 10.1 Å². The number of anilines is 1. The minimum Gasteiger partial charge on any atom is -0.382 e. The molecule has 1 amide bonds. The van der Waals surface area contributed by atoms with Gasteiger partial charge in [-0.05, 0) is 38.0 Å². The molecule has 1 rings (SSSR count). The van der Waals surface area contributed by atoms with Crippen LogP contribution in [0.2, 0.25) is 0 Å². The number of hydrogen-bond donors (Lipinski definition) is 3. The van der Waals surface area contributed by atoms with Gasteiger partial charge in [0, 0.05) is 32.5 Å². The third kappa shape index (κ3) is 10.4. The molecule has 0 aromatic heterocycles. The second-order valence-corrected chi connectivity index (χ2v) is 4.82. The number of nitrogens with zero attached hydrogens (tertiary/aromatic N) is 1. The summed E-state index contributed by atoms with van der Waals surface area (Å²) in [4.78, 5) is 15.8. The second-order valence-electron chi connectivity index (χ2n) is 4.82. The summed E-state index contributed by atoms with van der Waals surface area (Å²) in [7, 11) is 1.64. The fourth-order valence-electron chi connectivity index (χ4n) is 1.84. The minimum absolute atomic E-state index is 0. The molecular formula is C16H26FIN4O2. The van der Waals surface area contributed by atoms with Gasteiger partial charge in [0.05, 0.1) is 6.54 Å². The molecule has 0 spiro atoms. The topological polar surface area (TPSA) is 74.8 Å². The number of amides is 1. The highest BCUT2D eigenvalue weighted by Gasteiger charge is 2.04. The molecule has 8 heteroatoms. The fraction of sp³-hybridized carbons (Fsp3) is 0.500. The predicted molar refractivity (Wildman–Crippen MR) is 106 cm³/mol. The fourth-order valence-corrected chi connectivity index (χ4v) is 1.84.